The van der Waals surface area contributed by atoms with Gasteiger partial charge in [-0.15, -0.1) is 0 Å². The van der Waals surface area contributed by atoms with E-state index in [0.717, 1.165) is 18.3 Å². The summed E-state index contributed by atoms with van der Waals surface area (Å²) in [7, 11) is 1.19. The number of hydrogen-bond donors (Lipinski definition) is 2. The number of pyridine rings is 1. The van der Waals surface area contributed by atoms with Crippen molar-refractivity contribution in [2.75, 3.05) is 12.4 Å². The van der Waals surface area contributed by atoms with E-state index in [4.69, 9.17) is 15.2 Å². The zero-order valence-corrected chi connectivity index (χ0v) is 17.3. The molecule has 0 unspecified atom stereocenters. The Labute approximate surface area is 176 Å². The van der Waals surface area contributed by atoms with Gasteiger partial charge in [0.25, 0.3) is 11.8 Å². The van der Waals surface area contributed by atoms with Crippen molar-refractivity contribution in [3.8, 4) is 5.75 Å². The summed E-state index contributed by atoms with van der Waals surface area (Å²) in [5.74, 6) is -6.59. The number of carbonyl (C=O) groups is 2. The highest BCUT2D eigenvalue weighted by Gasteiger charge is 2.51. The highest BCUT2D eigenvalue weighted by atomic mass is 19.2. The van der Waals surface area contributed by atoms with Crippen molar-refractivity contribution >= 4 is 17.5 Å². The first kappa shape index (κ1) is 22.5. The molecule has 1 aliphatic heterocycles. The van der Waals surface area contributed by atoms with Gasteiger partial charge in [-0.2, -0.15) is 4.39 Å². The molecule has 3 rings (SSSR count). The standard InChI is InChI=1S/C21H22F3N3O4/c1-9-13(10-5-6-11(22)14(23)17(10)30-4)18(31-21(9,2)3)20(29)27-12-7-8-26-16(15(12)24)19(25)28/h5-9,13,18H,1-4H3,(H2,25,28)(H,26,27,29)/t9-,13-,18+/m0/s1. The van der Waals surface area contributed by atoms with E-state index in [1.165, 1.54) is 13.2 Å². The van der Waals surface area contributed by atoms with Crippen LogP contribution in [0.25, 0.3) is 0 Å². The minimum Gasteiger partial charge on any atom is -0.493 e. The van der Waals surface area contributed by atoms with E-state index in [-0.39, 0.29) is 22.9 Å². The average Bonchev–Trinajstić information content (AvgIpc) is 2.94. The second-order valence-electron chi connectivity index (χ2n) is 7.81. The summed E-state index contributed by atoms with van der Waals surface area (Å²) in [6.45, 7) is 5.31. The highest BCUT2D eigenvalue weighted by Crippen LogP contribution is 2.49. The Bertz CT molecular complexity index is 1040. The Morgan fingerprint density at radius 1 is 1.19 bits per heavy atom. The molecule has 0 aliphatic carbocycles. The number of nitrogens with two attached hydrogens (primary N) is 1. The zero-order valence-electron chi connectivity index (χ0n) is 17.3. The summed E-state index contributed by atoms with van der Waals surface area (Å²) in [6, 6.07) is 3.44. The monoisotopic (exact) mass is 437 g/mol. The van der Waals surface area contributed by atoms with E-state index in [1.807, 2.05) is 0 Å². The quantitative estimate of drug-likeness (QED) is 0.748. The molecule has 0 radical (unpaired) electrons. The van der Waals surface area contributed by atoms with E-state index in [1.54, 1.807) is 20.8 Å². The lowest BCUT2D eigenvalue weighted by Crippen LogP contribution is -2.34. The molecule has 0 bridgehead atoms. The van der Waals surface area contributed by atoms with Crippen LogP contribution in [0.15, 0.2) is 24.4 Å². The van der Waals surface area contributed by atoms with Gasteiger partial charge < -0.3 is 20.5 Å². The van der Waals surface area contributed by atoms with Crippen molar-refractivity contribution < 1.29 is 32.2 Å². The minimum absolute atomic E-state index is 0.243. The second kappa shape index (κ2) is 8.18. The highest BCUT2D eigenvalue weighted by molar-refractivity contribution is 5.97. The van der Waals surface area contributed by atoms with Crippen molar-refractivity contribution in [1.29, 1.82) is 0 Å². The van der Waals surface area contributed by atoms with E-state index >= 15 is 0 Å². The fraction of sp³-hybridized carbons (Fsp3) is 0.381. The number of primary amides is 1. The Kier molecular flexibility index (Phi) is 5.95. The molecule has 1 fully saturated rings. The molecular formula is C21H22F3N3O4. The Morgan fingerprint density at radius 2 is 1.87 bits per heavy atom. The summed E-state index contributed by atoms with van der Waals surface area (Å²) in [4.78, 5) is 27.9. The van der Waals surface area contributed by atoms with Gasteiger partial charge in [-0.25, -0.2) is 13.8 Å². The third-order valence-corrected chi connectivity index (χ3v) is 5.67. The fourth-order valence-corrected chi connectivity index (χ4v) is 3.78. The summed E-state index contributed by atoms with van der Waals surface area (Å²) in [6.07, 6.45) is -0.0650. The van der Waals surface area contributed by atoms with Crippen molar-refractivity contribution in [3.63, 3.8) is 0 Å². The van der Waals surface area contributed by atoms with Crippen molar-refractivity contribution in [2.45, 2.75) is 38.4 Å². The molecule has 10 heteroatoms. The maximum absolute atomic E-state index is 14.5. The number of nitrogens with zero attached hydrogens (tertiary/aromatic N) is 1. The van der Waals surface area contributed by atoms with Gasteiger partial charge in [0.15, 0.2) is 23.1 Å². The molecule has 1 aliphatic rings. The van der Waals surface area contributed by atoms with Gasteiger partial charge in [0, 0.05) is 17.7 Å². The lowest BCUT2D eigenvalue weighted by atomic mass is 9.78. The number of halogens is 3. The van der Waals surface area contributed by atoms with Crippen LogP contribution in [0.5, 0.6) is 5.75 Å². The Balaban J connectivity index is 2.02. The lowest BCUT2D eigenvalue weighted by molar-refractivity contribution is -0.131. The topological polar surface area (TPSA) is 104 Å². The van der Waals surface area contributed by atoms with Crippen LogP contribution in [-0.2, 0) is 9.53 Å². The number of rotatable bonds is 5. The van der Waals surface area contributed by atoms with E-state index in [0.29, 0.717) is 0 Å². The molecule has 1 aromatic heterocycles. The average molecular weight is 437 g/mol. The molecule has 3 atom stereocenters. The molecule has 1 saturated heterocycles. The molecule has 2 aromatic rings. The number of amides is 2. The molecule has 31 heavy (non-hydrogen) atoms. The first-order valence-corrected chi connectivity index (χ1v) is 9.44. The van der Waals surface area contributed by atoms with Crippen LogP contribution in [0, 0.1) is 23.4 Å². The number of hydrogen-bond acceptors (Lipinski definition) is 5. The fourth-order valence-electron chi connectivity index (χ4n) is 3.78. The number of nitrogens with one attached hydrogen (secondary N) is 1. The molecule has 166 valence electrons. The number of methoxy groups -OCH3 is 1. The van der Waals surface area contributed by atoms with Gasteiger partial charge in [0.05, 0.1) is 18.4 Å². The van der Waals surface area contributed by atoms with Crippen molar-refractivity contribution in [2.24, 2.45) is 11.7 Å². The van der Waals surface area contributed by atoms with Gasteiger partial charge >= 0.3 is 0 Å². The predicted octanol–water partition coefficient (Wildman–Crippen LogP) is 3.14. The maximum atomic E-state index is 14.5. The molecule has 0 spiro atoms. The molecule has 7 nitrogen and oxygen atoms in total. The van der Waals surface area contributed by atoms with Crippen LogP contribution in [0.3, 0.4) is 0 Å². The minimum atomic E-state index is -1.19. The van der Waals surface area contributed by atoms with Gasteiger partial charge in [-0.3, -0.25) is 9.59 Å². The van der Waals surface area contributed by atoms with Crippen LogP contribution in [0.1, 0.15) is 42.7 Å². The van der Waals surface area contributed by atoms with Crippen LogP contribution in [0.2, 0.25) is 0 Å². The van der Waals surface area contributed by atoms with Crippen molar-refractivity contribution in [1.82, 2.24) is 4.98 Å². The van der Waals surface area contributed by atoms with E-state index < -0.39 is 52.6 Å². The molecular weight excluding hydrogens is 415 g/mol. The zero-order chi connectivity index (χ0) is 23.1. The van der Waals surface area contributed by atoms with Crippen LogP contribution in [-0.4, -0.2) is 35.6 Å². The summed E-state index contributed by atoms with van der Waals surface area (Å²) >= 11 is 0. The lowest BCUT2D eigenvalue weighted by Gasteiger charge is -2.25. The first-order chi connectivity index (χ1) is 14.5. The Morgan fingerprint density at radius 3 is 2.48 bits per heavy atom. The van der Waals surface area contributed by atoms with Gasteiger partial charge in [0.2, 0.25) is 5.82 Å². The normalized spacial score (nSPS) is 22.2. The number of benzene rings is 1. The third-order valence-electron chi connectivity index (χ3n) is 5.67. The molecule has 2 amide bonds. The maximum Gasteiger partial charge on any atom is 0.270 e. The number of anilines is 1. The molecule has 2 heterocycles. The molecule has 3 N–H and O–H groups in total. The summed E-state index contributed by atoms with van der Waals surface area (Å²) in [5.41, 5.74) is 3.57. The van der Waals surface area contributed by atoms with Crippen LogP contribution >= 0.6 is 0 Å². The predicted molar refractivity (Wildman–Crippen MR) is 105 cm³/mol. The SMILES string of the molecule is COc1c([C@H]2[C@H](C(=O)Nc3ccnc(C(N)=O)c3F)OC(C)(C)[C@H]2C)ccc(F)c1F. The van der Waals surface area contributed by atoms with Crippen molar-refractivity contribution in [3.05, 3.63) is 53.1 Å². The van der Waals surface area contributed by atoms with E-state index in [2.05, 4.69) is 10.3 Å². The Hall–Kier alpha value is -3.14. The largest absolute Gasteiger partial charge is 0.493 e. The van der Waals surface area contributed by atoms with Gasteiger partial charge in [-0.1, -0.05) is 13.0 Å². The van der Waals surface area contributed by atoms with Crippen LogP contribution in [0.4, 0.5) is 18.9 Å². The number of aromatic nitrogens is 1. The van der Waals surface area contributed by atoms with E-state index in [9.17, 15) is 22.8 Å². The summed E-state index contributed by atoms with van der Waals surface area (Å²) < 4.78 is 53.6. The molecule has 1 aromatic carbocycles. The first-order valence-electron chi connectivity index (χ1n) is 9.44. The number of carbonyl (C=O) groups excluding carboxylic acids is 2. The van der Waals surface area contributed by atoms with Gasteiger partial charge in [0.1, 0.15) is 6.10 Å². The second-order valence-corrected chi connectivity index (χ2v) is 7.81. The summed E-state index contributed by atoms with van der Waals surface area (Å²) in [5, 5.41) is 2.37. The number of ether oxygens (including phenoxy) is 2. The smallest absolute Gasteiger partial charge is 0.270 e. The molecule has 0 saturated carbocycles. The van der Waals surface area contributed by atoms with Crippen LogP contribution < -0.4 is 15.8 Å². The third kappa shape index (κ3) is 3.95. The van der Waals surface area contributed by atoms with Gasteiger partial charge in [-0.05, 0) is 31.9 Å².